The fourth-order valence-electron chi connectivity index (χ4n) is 2.81. The number of hydrogen-bond donors (Lipinski definition) is 0. The maximum absolute atomic E-state index is 12.4. The number of carbonyl (C=O) groups is 1. The van der Waals surface area contributed by atoms with E-state index in [2.05, 4.69) is 4.57 Å². The quantitative estimate of drug-likeness (QED) is 0.873. The Bertz CT molecular complexity index is 630. The van der Waals surface area contributed by atoms with Gasteiger partial charge in [0.1, 0.15) is 0 Å². The van der Waals surface area contributed by atoms with E-state index in [9.17, 15) is 4.79 Å². The van der Waals surface area contributed by atoms with Gasteiger partial charge in [-0.15, -0.1) is 0 Å². The van der Waals surface area contributed by atoms with Crippen LogP contribution in [0.4, 0.5) is 0 Å². The van der Waals surface area contributed by atoms with Crippen LogP contribution in [-0.2, 0) is 16.0 Å². The van der Waals surface area contributed by atoms with Crippen LogP contribution in [0.25, 0.3) is 5.69 Å². The number of benzene rings is 1. The Morgan fingerprint density at radius 3 is 2.50 bits per heavy atom. The van der Waals surface area contributed by atoms with Crippen LogP contribution < -0.4 is 0 Å². The van der Waals surface area contributed by atoms with E-state index in [4.69, 9.17) is 4.74 Å². The Morgan fingerprint density at radius 2 is 1.86 bits per heavy atom. The number of amides is 1. The summed E-state index contributed by atoms with van der Waals surface area (Å²) in [6, 6.07) is 12.1. The summed E-state index contributed by atoms with van der Waals surface area (Å²) in [6.07, 6.45) is 4.47. The van der Waals surface area contributed by atoms with E-state index >= 15 is 0 Å². The maximum Gasteiger partial charge on any atom is 0.227 e. The van der Waals surface area contributed by atoms with E-state index in [0.717, 1.165) is 11.3 Å². The Balaban J connectivity index is 1.64. The van der Waals surface area contributed by atoms with Gasteiger partial charge in [-0.05, 0) is 43.7 Å². The highest BCUT2D eigenvalue weighted by Gasteiger charge is 2.29. The predicted molar refractivity (Wildman–Crippen MR) is 86.1 cm³/mol. The lowest BCUT2D eigenvalue weighted by Crippen LogP contribution is -2.51. The highest BCUT2D eigenvalue weighted by atomic mass is 16.5. The summed E-state index contributed by atoms with van der Waals surface area (Å²) in [5.74, 6) is 0.171. The molecule has 2 aromatic rings. The van der Waals surface area contributed by atoms with Crippen molar-refractivity contribution < 1.29 is 9.53 Å². The third kappa shape index (κ3) is 3.39. The number of morpholine rings is 1. The van der Waals surface area contributed by atoms with Gasteiger partial charge in [0.15, 0.2) is 0 Å². The molecule has 116 valence electrons. The molecule has 1 aromatic heterocycles. The molecular weight excluding hydrogens is 276 g/mol. The van der Waals surface area contributed by atoms with E-state index in [-0.39, 0.29) is 11.5 Å². The Hall–Kier alpha value is -2.07. The molecule has 0 aliphatic carbocycles. The average Bonchev–Trinajstić information content (AvgIpc) is 3.01. The van der Waals surface area contributed by atoms with Crippen LogP contribution in [0.5, 0.6) is 0 Å². The highest BCUT2D eigenvalue weighted by Crippen LogP contribution is 2.18. The van der Waals surface area contributed by atoms with Crippen molar-refractivity contribution in [2.75, 3.05) is 19.7 Å². The summed E-state index contributed by atoms with van der Waals surface area (Å²) >= 11 is 0. The first kappa shape index (κ1) is 14.9. The van der Waals surface area contributed by atoms with Gasteiger partial charge in [-0.1, -0.05) is 12.1 Å². The van der Waals surface area contributed by atoms with E-state index in [1.165, 1.54) is 0 Å². The molecule has 4 nitrogen and oxygen atoms in total. The van der Waals surface area contributed by atoms with Gasteiger partial charge in [0.2, 0.25) is 5.91 Å². The molecule has 1 aliphatic rings. The molecule has 0 radical (unpaired) electrons. The zero-order valence-corrected chi connectivity index (χ0v) is 13.2. The van der Waals surface area contributed by atoms with E-state index in [1.54, 1.807) is 0 Å². The van der Waals surface area contributed by atoms with E-state index in [1.807, 2.05) is 67.5 Å². The van der Waals surface area contributed by atoms with Crippen LogP contribution in [0.3, 0.4) is 0 Å². The second kappa shape index (κ2) is 5.97. The van der Waals surface area contributed by atoms with Crippen LogP contribution in [0.2, 0.25) is 0 Å². The number of ether oxygens (including phenoxy) is 1. The molecule has 1 saturated heterocycles. The average molecular weight is 298 g/mol. The summed E-state index contributed by atoms with van der Waals surface area (Å²) in [5.41, 5.74) is 1.91. The second-order valence-corrected chi connectivity index (χ2v) is 6.36. The Morgan fingerprint density at radius 1 is 1.18 bits per heavy atom. The van der Waals surface area contributed by atoms with Crippen molar-refractivity contribution in [1.29, 1.82) is 0 Å². The van der Waals surface area contributed by atoms with Gasteiger partial charge < -0.3 is 14.2 Å². The first-order valence-corrected chi connectivity index (χ1v) is 7.68. The van der Waals surface area contributed by atoms with Gasteiger partial charge in [-0.25, -0.2) is 0 Å². The number of hydrogen-bond acceptors (Lipinski definition) is 2. The van der Waals surface area contributed by atoms with Gasteiger partial charge in [0, 0.05) is 31.2 Å². The summed E-state index contributed by atoms with van der Waals surface area (Å²) in [4.78, 5) is 14.3. The molecule has 0 saturated carbocycles. The van der Waals surface area contributed by atoms with Crippen molar-refractivity contribution in [1.82, 2.24) is 9.47 Å². The molecule has 0 unspecified atom stereocenters. The predicted octanol–water partition coefficient (Wildman–Crippen LogP) is 2.66. The largest absolute Gasteiger partial charge is 0.372 e. The molecule has 22 heavy (non-hydrogen) atoms. The minimum absolute atomic E-state index is 0.171. The molecular formula is C18H22N2O2. The summed E-state index contributed by atoms with van der Waals surface area (Å²) in [6.45, 7) is 6.01. The summed E-state index contributed by atoms with van der Waals surface area (Å²) in [5, 5.41) is 0. The topological polar surface area (TPSA) is 34.5 Å². The molecule has 0 bridgehead atoms. The molecule has 4 heteroatoms. The fraction of sp³-hybridized carbons (Fsp3) is 0.389. The molecule has 1 amide bonds. The Kier molecular flexibility index (Phi) is 4.03. The van der Waals surface area contributed by atoms with Gasteiger partial charge >= 0.3 is 0 Å². The van der Waals surface area contributed by atoms with Crippen molar-refractivity contribution in [3.63, 3.8) is 0 Å². The van der Waals surface area contributed by atoms with Crippen LogP contribution in [-0.4, -0.2) is 40.7 Å². The van der Waals surface area contributed by atoms with Crippen molar-refractivity contribution >= 4 is 5.91 Å². The van der Waals surface area contributed by atoms with Crippen LogP contribution >= 0.6 is 0 Å². The molecule has 1 aliphatic heterocycles. The first-order chi connectivity index (χ1) is 10.5. The lowest BCUT2D eigenvalue weighted by atomic mass is 10.1. The van der Waals surface area contributed by atoms with E-state index in [0.29, 0.717) is 26.1 Å². The third-order valence-electron chi connectivity index (χ3n) is 3.97. The Labute approximate surface area is 131 Å². The van der Waals surface area contributed by atoms with Gasteiger partial charge in [0.05, 0.1) is 18.6 Å². The SMILES string of the molecule is CC1(C)CN(C(=O)Cc2ccc(-n3cccc3)cc2)CCO1. The minimum atomic E-state index is -0.244. The molecule has 0 spiro atoms. The molecule has 3 rings (SSSR count). The normalized spacial score (nSPS) is 17.5. The monoisotopic (exact) mass is 298 g/mol. The molecule has 2 heterocycles. The first-order valence-electron chi connectivity index (χ1n) is 7.68. The van der Waals surface area contributed by atoms with Gasteiger partial charge in [0.25, 0.3) is 0 Å². The third-order valence-corrected chi connectivity index (χ3v) is 3.97. The lowest BCUT2D eigenvalue weighted by Gasteiger charge is -2.38. The molecule has 1 fully saturated rings. The number of carbonyl (C=O) groups excluding carboxylic acids is 1. The smallest absolute Gasteiger partial charge is 0.227 e. The van der Waals surface area contributed by atoms with Gasteiger partial charge in [-0.2, -0.15) is 0 Å². The van der Waals surface area contributed by atoms with Crippen molar-refractivity contribution in [2.24, 2.45) is 0 Å². The van der Waals surface area contributed by atoms with E-state index < -0.39 is 0 Å². The molecule has 0 atom stereocenters. The van der Waals surface area contributed by atoms with Crippen LogP contribution in [0.15, 0.2) is 48.8 Å². The molecule has 1 aromatic carbocycles. The zero-order chi connectivity index (χ0) is 15.6. The maximum atomic E-state index is 12.4. The lowest BCUT2D eigenvalue weighted by molar-refractivity contribution is -0.145. The molecule has 0 N–H and O–H groups in total. The highest BCUT2D eigenvalue weighted by molar-refractivity contribution is 5.79. The van der Waals surface area contributed by atoms with Crippen molar-refractivity contribution in [2.45, 2.75) is 25.9 Å². The van der Waals surface area contributed by atoms with Crippen molar-refractivity contribution in [3.05, 3.63) is 54.4 Å². The zero-order valence-electron chi connectivity index (χ0n) is 13.2. The fourth-order valence-corrected chi connectivity index (χ4v) is 2.81. The standard InChI is InChI=1S/C18H22N2O2/c1-18(2)14-20(11-12-22-18)17(21)13-15-5-7-16(8-6-15)19-9-3-4-10-19/h3-10H,11-14H2,1-2H3. The summed E-state index contributed by atoms with van der Waals surface area (Å²) in [7, 11) is 0. The van der Waals surface area contributed by atoms with Crippen LogP contribution in [0.1, 0.15) is 19.4 Å². The minimum Gasteiger partial charge on any atom is -0.372 e. The summed E-state index contributed by atoms with van der Waals surface area (Å²) < 4.78 is 7.71. The second-order valence-electron chi connectivity index (χ2n) is 6.36. The number of aromatic nitrogens is 1. The van der Waals surface area contributed by atoms with Crippen LogP contribution in [0, 0.1) is 0 Å². The van der Waals surface area contributed by atoms with Gasteiger partial charge in [-0.3, -0.25) is 4.79 Å². The number of nitrogens with zero attached hydrogens (tertiary/aromatic N) is 2. The number of rotatable bonds is 3. The van der Waals surface area contributed by atoms with Crippen molar-refractivity contribution in [3.8, 4) is 5.69 Å².